The molecular formula is C11H17ClN2O. The molecule has 0 amide bonds. The van der Waals surface area contributed by atoms with Gasteiger partial charge in [0, 0.05) is 30.8 Å². The van der Waals surface area contributed by atoms with Gasteiger partial charge in [-0.3, -0.25) is 0 Å². The van der Waals surface area contributed by atoms with Crippen LogP contribution in [0.5, 0.6) is 0 Å². The molecule has 4 heteroatoms. The molecule has 0 heterocycles. The predicted octanol–water partition coefficient (Wildman–Crippen LogP) is 1.49. The van der Waals surface area contributed by atoms with Crippen molar-refractivity contribution in [1.82, 2.24) is 5.32 Å². The highest BCUT2D eigenvalue weighted by Gasteiger charge is 2.06. The monoisotopic (exact) mass is 228 g/mol. The molecule has 1 aromatic rings. The van der Waals surface area contributed by atoms with Gasteiger partial charge in [0.2, 0.25) is 0 Å². The molecule has 1 aromatic carbocycles. The van der Waals surface area contributed by atoms with E-state index in [0.29, 0.717) is 6.54 Å². The minimum Gasteiger partial charge on any atom is -0.395 e. The van der Waals surface area contributed by atoms with Gasteiger partial charge >= 0.3 is 0 Å². The molecule has 3 nitrogen and oxygen atoms in total. The Labute approximate surface area is 95.7 Å². The molecule has 0 atom stereocenters. The standard InChI is InChI=1S/C11H17ClN2O/c1-13-8-9-7-10(12)3-4-11(9)14(2)5-6-15/h3-4,7,13,15H,5-6,8H2,1-2H3. The molecule has 84 valence electrons. The van der Waals surface area contributed by atoms with Crippen molar-refractivity contribution in [1.29, 1.82) is 0 Å². The van der Waals surface area contributed by atoms with Crippen LogP contribution in [0.4, 0.5) is 5.69 Å². The smallest absolute Gasteiger partial charge is 0.0606 e. The Morgan fingerprint density at radius 2 is 2.20 bits per heavy atom. The van der Waals surface area contributed by atoms with Crippen molar-refractivity contribution in [2.24, 2.45) is 0 Å². The molecule has 1 rings (SSSR count). The molecule has 0 spiro atoms. The second kappa shape index (κ2) is 5.95. The molecular weight excluding hydrogens is 212 g/mol. The first kappa shape index (κ1) is 12.3. The number of anilines is 1. The van der Waals surface area contributed by atoms with Crippen LogP contribution in [0.2, 0.25) is 5.02 Å². The number of hydrogen-bond acceptors (Lipinski definition) is 3. The van der Waals surface area contributed by atoms with Gasteiger partial charge in [0.05, 0.1) is 6.61 Å². The van der Waals surface area contributed by atoms with Gasteiger partial charge < -0.3 is 15.3 Å². The number of halogens is 1. The summed E-state index contributed by atoms with van der Waals surface area (Å²) < 4.78 is 0. The molecule has 2 N–H and O–H groups in total. The second-order valence-corrected chi connectivity index (χ2v) is 3.88. The number of hydrogen-bond donors (Lipinski definition) is 2. The van der Waals surface area contributed by atoms with Crippen molar-refractivity contribution in [2.75, 3.05) is 32.1 Å². The van der Waals surface area contributed by atoms with E-state index < -0.39 is 0 Å². The van der Waals surface area contributed by atoms with E-state index in [0.717, 1.165) is 22.8 Å². The number of rotatable bonds is 5. The van der Waals surface area contributed by atoms with Crippen molar-refractivity contribution in [3.8, 4) is 0 Å². The number of nitrogens with zero attached hydrogens (tertiary/aromatic N) is 1. The largest absolute Gasteiger partial charge is 0.395 e. The van der Waals surface area contributed by atoms with Gasteiger partial charge in [0.25, 0.3) is 0 Å². The lowest BCUT2D eigenvalue weighted by Gasteiger charge is -2.21. The molecule has 0 aliphatic heterocycles. The number of likely N-dealkylation sites (N-methyl/N-ethyl adjacent to an activating group) is 1. The number of benzene rings is 1. The van der Waals surface area contributed by atoms with Gasteiger partial charge in [-0.2, -0.15) is 0 Å². The molecule has 0 fully saturated rings. The topological polar surface area (TPSA) is 35.5 Å². The SMILES string of the molecule is CNCc1cc(Cl)ccc1N(C)CCO. The lowest BCUT2D eigenvalue weighted by atomic mass is 10.1. The Morgan fingerprint density at radius 3 is 2.80 bits per heavy atom. The Morgan fingerprint density at radius 1 is 1.47 bits per heavy atom. The van der Waals surface area contributed by atoms with Gasteiger partial charge in [-0.25, -0.2) is 0 Å². The van der Waals surface area contributed by atoms with Gasteiger partial charge in [-0.05, 0) is 30.8 Å². The minimum atomic E-state index is 0.151. The first-order valence-corrected chi connectivity index (χ1v) is 5.32. The van der Waals surface area contributed by atoms with E-state index in [9.17, 15) is 0 Å². The average Bonchev–Trinajstić information content (AvgIpc) is 2.18. The highest BCUT2D eigenvalue weighted by Crippen LogP contribution is 2.23. The summed E-state index contributed by atoms with van der Waals surface area (Å²) in [6, 6.07) is 5.79. The first-order chi connectivity index (χ1) is 7.19. The van der Waals surface area contributed by atoms with Gasteiger partial charge in [0.1, 0.15) is 0 Å². The van der Waals surface area contributed by atoms with Crippen molar-refractivity contribution in [3.05, 3.63) is 28.8 Å². The lowest BCUT2D eigenvalue weighted by molar-refractivity contribution is 0.304. The fourth-order valence-corrected chi connectivity index (χ4v) is 1.72. The Hall–Kier alpha value is -0.770. The van der Waals surface area contributed by atoms with Crippen LogP contribution < -0.4 is 10.2 Å². The molecule has 0 aliphatic rings. The van der Waals surface area contributed by atoms with E-state index in [1.54, 1.807) is 0 Å². The number of aliphatic hydroxyl groups is 1. The summed E-state index contributed by atoms with van der Waals surface area (Å²) in [6.45, 7) is 1.54. The zero-order valence-electron chi connectivity index (χ0n) is 9.13. The third-order valence-electron chi connectivity index (χ3n) is 2.26. The quantitative estimate of drug-likeness (QED) is 0.802. The van der Waals surface area contributed by atoms with E-state index in [2.05, 4.69) is 5.32 Å². The summed E-state index contributed by atoms with van der Waals surface area (Å²) in [5, 5.41) is 12.7. The van der Waals surface area contributed by atoms with Crippen LogP contribution in [0, 0.1) is 0 Å². The van der Waals surface area contributed by atoms with Crippen LogP contribution in [0.15, 0.2) is 18.2 Å². The molecule has 0 radical (unpaired) electrons. The first-order valence-electron chi connectivity index (χ1n) is 4.94. The van der Waals surface area contributed by atoms with E-state index >= 15 is 0 Å². The van der Waals surface area contributed by atoms with Gasteiger partial charge in [-0.15, -0.1) is 0 Å². The average molecular weight is 229 g/mol. The predicted molar refractivity (Wildman–Crippen MR) is 64.6 cm³/mol. The van der Waals surface area contributed by atoms with E-state index in [-0.39, 0.29) is 6.61 Å². The van der Waals surface area contributed by atoms with Crippen molar-refractivity contribution >= 4 is 17.3 Å². The molecule has 0 saturated carbocycles. The summed E-state index contributed by atoms with van der Waals surface area (Å²) in [6.07, 6.45) is 0. The van der Waals surface area contributed by atoms with Crippen LogP contribution in [-0.4, -0.2) is 32.4 Å². The van der Waals surface area contributed by atoms with Gasteiger partial charge in [0.15, 0.2) is 0 Å². The normalized spacial score (nSPS) is 10.4. The fourth-order valence-electron chi connectivity index (χ4n) is 1.53. The van der Waals surface area contributed by atoms with Crippen molar-refractivity contribution in [2.45, 2.75) is 6.54 Å². The Bertz CT molecular complexity index is 317. The summed E-state index contributed by atoms with van der Waals surface area (Å²) in [7, 11) is 3.86. The van der Waals surface area contributed by atoms with Crippen LogP contribution >= 0.6 is 11.6 Å². The third kappa shape index (κ3) is 3.38. The van der Waals surface area contributed by atoms with E-state index in [1.807, 2.05) is 37.2 Å². The van der Waals surface area contributed by atoms with Crippen LogP contribution in [-0.2, 0) is 6.54 Å². The Kier molecular flexibility index (Phi) is 4.88. The van der Waals surface area contributed by atoms with Crippen LogP contribution in [0.25, 0.3) is 0 Å². The molecule has 0 unspecified atom stereocenters. The van der Waals surface area contributed by atoms with E-state index in [4.69, 9.17) is 16.7 Å². The summed E-state index contributed by atoms with van der Waals surface area (Å²) in [5.41, 5.74) is 2.24. The summed E-state index contributed by atoms with van der Waals surface area (Å²) >= 11 is 5.94. The highest BCUT2D eigenvalue weighted by atomic mass is 35.5. The van der Waals surface area contributed by atoms with Crippen molar-refractivity contribution in [3.63, 3.8) is 0 Å². The number of aliphatic hydroxyl groups excluding tert-OH is 1. The zero-order chi connectivity index (χ0) is 11.3. The molecule has 0 bridgehead atoms. The number of nitrogens with one attached hydrogen (secondary N) is 1. The second-order valence-electron chi connectivity index (χ2n) is 3.45. The van der Waals surface area contributed by atoms with Crippen LogP contribution in [0.1, 0.15) is 5.56 Å². The Balaban J connectivity index is 2.93. The van der Waals surface area contributed by atoms with Crippen molar-refractivity contribution < 1.29 is 5.11 Å². The van der Waals surface area contributed by atoms with E-state index in [1.165, 1.54) is 0 Å². The molecule has 0 aliphatic carbocycles. The molecule has 15 heavy (non-hydrogen) atoms. The fraction of sp³-hybridized carbons (Fsp3) is 0.455. The maximum atomic E-state index is 8.89. The lowest BCUT2D eigenvalue weighted by Crippen LogP contribution is -2.23. The third-order valence-corrected chi connectivity index (χ3v) is 2.49. The molecule has 0 saturated heterocycles. The summed E-state index contributed by atoms with van der Waals surface area (Å²) in [5.74, 6) is 0. The van der Waals surface area contributed by atoms with Crippen LogP contribution in [0.3, 0.4) is 0 Å². The van der Waals surface area contributed by atoms with Gasteiger partial charge in [-0.1, -0.05) is 11.6 Å². The minimum absolute atomic E-state index is 0.151. The summed E-state index contributed by atoms with van der Waals surface area (Å²) in [4.78, 5) is 2.02. The molecule has 0 aromatic heterocycles. The highest BCUT2D eigenvalue weighted by molar-refractivity contribution is 6.30. The maximum Gasteiger partial charge on any atom is 0.0606 e. The maximum absolute atomic E-state index is 8.89. The zero-order valence-corrected chi connectivity index (χ0v) is 9.88.